The van der Waals surface area contributed by atoms with E-state index in [-0.39, 0.29) is 11.2 Å². The molecule has 1 atom stereocenters. The number of carbonyl (C=O) groups is 1. The maximum Gasteiger partial charge on any atom is 0.238 e. The molecule has 1 aliphatic rings. The van der Waals surface area contributed by atoms with Gasteiger partial charge in [-0.3, -0.25) is 9.36 Å². The molecule has 0 spiro atoms. The number of nitriles is 1. The molecule has 0 aromatic carbocycles. The van der Waals surface area contributed by atoms with Crippen LogP contribution in [0.1, 0.15) is 31.4 Å². The highest BCUT2D eigenvalue weighted by atomic mass is 32.2. The summed E-state index contributed by atoms with van der Waals surface area (Å²) in [5.74, 6) is 0.736. The fourth-order valence-corrected chi connectivity index (χ4v) is 4.88. The van der Waals surface area contributed by atoms with Gasteiger partial charge in [0.1, 0.15) is 11.1 Å². The second-order valence-electron chi connectivity index (χ2n) is 5.91. The Balaban J connectivity index is 1.52. The van der Waals surface area contributed by atoms with Crippen LogP contribution in [0.5, 0.6) is 0 Å². The van der Waals surface area contributed by atoms with Crippen LogP contribution in [0.2, 0.25) is 0 Å². The van der Waals surface area contributed by atoms with Gasteiger partial charge in [0.15, 0.2) is 11.0 Å². The van der Waals surface area contributed by atoms with Crippen LogP contribution in [0.25, 0.3) is 10.7 Å². The lowest BCUT2D eigenvalue weighted by molar-refractivity contribution is -0.115. The number of hydrogen-bond donors (Lipinski definition) is 1. The minimum absolute atomic E-state index is 0.142. The molecule has 4 rings (SSSR count). The maximum absolute atomic E-state index is 12.5. The molecule has 1 aliphatic carbocycles. The number of thiophene rings is 2. The molecule has 1 amide bonds. The van der Waals surface area contributed by atoms with E-state index < -0.39 is 0 Å². The summed E-state index contributed by atoms with van der Waals surface area (Å²) in [5.41, 5.74) is 0.488. The molecule has 0 radical (unpaired) electrons. The van der Waals surface area contributed by atoms with Gasteiger partial charge in [-0.05, 0) is 42.7 Å². The van der Waals surface area contributed by atoms with Crippen molar-refractivity contribution >= 4 is 45.3 Å². The Morgan fingerprint density at radius 2 is 2.23 bits per heavy atom. The van der Waals surface area contributed by atoms with E-state index in [0.29, 0.717) is 16.6 Å². The number of rotatable bonds is 6. The predicted octanol–water partition coefficient (Wildman–Crippen LogP) is 4.39. The SMILES string of the molecule is C[C@@H](Sc1nnc(-c2cccs2)n1C1CC1)C(=O)Nc1sccc1C#N. The second-order valence-corrected chi connectivity index (χ2v) is 9.08. The molecule has 9 heteroatoms. The summed E-state index contributed by atoms with van der Waals surface area (Å²) in [6.07, 6.45) is 2.23. The molecular formula is C17H15N5OS3. The maximum atomic E-state index is 12.5. The van der Waals surface area contributed by atoms with Crippen LogP contribution in [0, 0.1) is 11.3 Å². The lowest BCUT2D eigenvalue weighted by Crippen LogP contribution is -2.22. The third-order valence-corrected chi connectivity index (χ3v) is 6.74. The number of nitrogens with zero attached hydrogens (tertiary/aromatic N) is 4. The minimum Gasteiger partial charge on any atom is -0.316 e. The van der Waals surface area contributed by atoms with Crippen molar-refractivity contribution < 1.29 is 4.79 Å². The summed E-state index contributed by atoms with van der Waals surface area (Å²) in [6, 6.07) is 8.25. The fraction of sp³-hybridized carbons (Fsp3) is 0.294. The van der Waals surface area contributed by atoms with Crippen molar-refractivity contribution in [2.75, 3.05) is 5.32 Å². The average Bonchev–Trinajstić information content (AvgIpc) is 3.06. The molecule has 6 nitrogen and oxygen atoms in total. The topological polar surface area (TPSA) is 83.6 Å². The molecule has 26 heavy (non-hydrogen) atoms. The van der Waals surface area contributed by atoms with Gasteiger partial charge in [0.05, 0.1) is 15.7 Å². The molecule has 0 bridgehead atoms. The Kier molecular flexibility index (Phi) is 4.80. The summed E-state index contributed by atoms with van der Waals surface area (Å²) in [5, 5.41) is 25.5. The number of anilines is 1. The normalized spacial score (nSPS) is 14.8. The van der Waals surface area contributed by atoms with E-state index in [4.69, 9.17) is 5.26 Å². The van der Waals surface area contributed by atoms with Crippen LogP contribution in [-0.2, 0) is 4.79 Å². The zero-order valence-corrected chi connectivity index (χ0v) is 16.3. The standard InChI is InChI=1S/C17H15N5OS3/c1-10(15(23)19-16-11(9-18)6-8-25-16)26-17-21-20-14(13-3-2-7-24-13)22(17)12-4-5-12/h2-3,6-8,10,12H,4-5H2,1H3,(H,19,23)/t10-/m1/s1. The summed E-state index contributed by atoms with van der Waals surface area (Å²) >= 11 is 4.39. The van der Waals surface area contributed by atoms with Gasteiger partial charge in [0.25, 0.3) is 0 Å². The molecule has 3 aromatic rings. The number of carbonyl (C=O) groups excluding carboxylic acids is 1. The van der Waals surface area contributed by atoms with E-state index >= 15 is 0 Å². The Morgan fingerprint density at radius 3 is 2.92 bits per heavy atom. The van der Waals surface area contributed by atoms with Crippen molar-refractivity contribution in [3.05, 3.63) is 34.5 Å². The second kappa shape index (κ2) is 7.23. The monoisotopic (exact) mass is 401 g/mol. The van der Waals surface area contributed by atoms with Crippen molar-refractivity contribution in [2.24, 2.45) is 0 Å². The van der Waals surface area contributed by atoms with E-state index in [0.717, 1.165) is 28.7 Å². The quantitative estimate of drug-likeness (QED) is 0.619. The number of hydrogen-bond acceptors (Lipinski definition) is 7. The largest absolute Gasteiger partial charge is 0.316 e. The third kappa shape index (κ3) is 3.40. The average molecular weight is 402 g/mol. The highest BCUT2D eigenvalue weighted by molar-refractivity contribution is 8.00. The van der Waals surface area contributed by atoms with Crippen LogP contribution < -0.4 is 5.32 Å². The smallest absolute Gasteiger partial charge is 0.238 e. The van der Waals surface area contributed by atoms with Crippen molar-refractivity contribution in [1.29, 1.82) is 5.26 Å². The summed E-state index contributed by atoms with van der Waals surface area (Å²) in [4.78, 5) is 13.6. The lowest BCUT2D eigenvalue weighted by Gasteiger charge is -2.12. The van der Waals surface area contributed by atoms with Gasteiger partial charge < -0.3 is 5.32 Å². The Bertz CT molecular complexity index is 965. The lowest BCUT2D eigenvalue weighted by atomic mass is 10.3. The summed E-state index contributed by atoms with van der Waals surface area (Å²) in [7, 11) is 0. The molecule has 3 aromatic heterocycles. The molecule has 1 saturated carbocycles. The molecule has 0 saturated heterocycles. The fourth-order valence-electron chi connectivity index (χ4n) is 2.51. The van der Waals surface area contributed by atoms with E-state index in [1.807, 2.05) is 24.4 Å². The number of nitrogens with one attached hydrogen (secondary N) is 1. The molecule has 132 valence electrons. The molecule has 1 N–H and O–H groups in total. The Morgan fingerprint density at radius 1 is 1.38 bits per heavy atom. The van der Waals surface area contributed by atoms with Gasteiger partial charge in [0, 0.05) is 6.04 Å². The van der Waals surface area contributed by atoms with E-state index in [2.05, 4.69) is 26.2 Å². The van der Waals surface area contributed by atoms with Crippen molar-refractivity contribution in [2.45, 2.75) is 36.2 Å². The molecule has 0 aliphatic heterocycles. The third-order valence-electron chi connectivity index (χ3n) is 3.99. The van der Waals surface area contributed by atoms with Gasteiger partial charge in [-0.1, -0.05) is 17.8 Å². The van der Waals surface area contributed by atoms with E-state index in [1.165, 1.54) is 23.1 Å². The summed E-state index contributed by atoms with van der Waals surface area (Å²) < 4.78 is 2.16. The zero-order chi connectivity index (χ0) is 18.1. The van der Waals surface area contributed by atoms with Gasteiger partial charge in [0.2, 0.25) is 5.91 Å². The van der Waals surface area contributed by atoms with Gasteiger partial charge in [-0.15, -0.1) is 32.9 Å². The summed E-state index contributed by atoms with van der Waals surface area (Å²) in [6.45, 7) is 1.84. The number of amides is 1. The highest BCUT2D eigenvalue weighted by Gasteiger charge is 2.31. The van der Waals surface area contributed by atoms with Crippen molar-refractivity contribution in [3.63, 3.8) is 0 Å². The van der Waals surface area contributed by atoms with Crippen LogP contribution in [0.3, 0.4) is 0 Å². The zero-order valence-electron chi connectivity index (χ0n) is 13.9. The minimum atomic E-state index is -0.346. The highest BCUT2D eigenvalue weighted by Crippen LogP contribution is 2.42. The van der Waals surface area contributed by atoms with Crippen LogP contribution >= 0.6 is 34.4 Å². The predicted molar refractivity (Wildman–Crippen MR) is 105 cm³/mol. The van der Waals surface area contributed by atoms with Gasteiger partial charge in [-0.2, -0.15) is 5.26 Å². The van der Waals surface area contributed by atoms with Crippen molar-refractivity contribution in [3.8, 4) is 16.8 Å². The molecule has 3 heterocycles. The number of aromatic nitrogens is 3. The molecular weight excluding hydrogens is 386 g/mol. The van der Waals surface area contributed by atoms with E-state index in [1.54, 1.807) is 22.8 Å². The first-order valence-corrected chi connectivity index (χ1v) is 10.7. The molecule has 0 unspecified atom stereocenters. The van der Waals surface area contributed by atoms with Crippen LogP contribution in [-0.4, -0.2) is 25.9 Å². The van der Waals surface area contributed by atoms with Gasteiger partial charge in [-0.25, -0.2) is 0 Å². The Labute approximate surface area is 162 Å². The number of thioether (sulfide) groups is 1. The first-order chi connectivity index (χ1) is 12.7. The van der Waals surface area contributed by atoms with Crippen LogP contribution in [0.15, 0.2) is 34.1 Å². The molecule has 1 fully saturated rings. The van der Waals surface area contributed by atoms with E-state index in [9.17, 15) is 4.79 Å². The Hall–Kier alpha value is -2.15. The van der Waals surface area contributed by atoms with Gasteiger partial charge >= 0.3 is 0 Å². The first kappa shape index (κ1) is 17.3. The van der Waals surface area contributed by atoms with Crippen molar-refractivity contribution in [1.82, 2.24) is 14.8 Å². The van der Waals surface area contributed by atoms with Crippen LogP contribution in [0.4, 0.5) is 5.00 Å². The first-order valence-electron chi connectivity index (χ1n) is 8.11.